The lowest BCUT2D eigenvalue weighted by atomic mass is 10.5. The van der Waals surface area contributed by atoms with Crippen LogP contribution in [0.1, 0.15) is 9.67 Å². The van der Waals surface area contributed by atoms with Crippen LogP contribution in [0.25, 0.3) is 0 Å². The van der Waals surface area contributed by atoms with Crippen LogP contribution >= 0.6 is 34.6 Å². The Balaban J connectivity index is 2.14. The number of nitrogens with zero attached hydrogens (tertiary/aromatic N) is 2. The molecule has 0 aliphatic heterocycles. The molecular weight excluding hydrogens is 240 g/mol. The number of carbonyl (C=O) groups is 1. The van der Waals surface area contributed by atoms with Crippen molar-refractivity contribution in [2.45, 2.75) is 9.24 Å². The van der Waals surface area contributed by atoms with Crippen LogP contribution in [0.5, 0.6) is 0 Å². The third-order valence-corrected chi connectivity index (χ3v) is 4.09. The molecule has 2 aromatic rings. The van der Waals surface area contributed by atoms with Crippen LogP contribution in [0.2, 0.25) is 0 Å². The third kappa shape index (κ3) is 2.11. The first-order valence-corrected chi connectivity index (χ1v) is 5.99. The Kier molecular flexibility index (Phi) is 2.80. The molecule has 14 heavy (non-hydrogen) atoms. The summed E-state index contributed by atoms with van der Waals surface area (Å²) in [4.78, 5) is 15.8. The van der Waals surface area contributed by atoms with Crippen molar-refractivity contribution >= 4 is 40.6 Å². The summed E-state index contributed by atoms with van der Waals surface area (Å²) in [5.74, 6) is -0.890. The molecule has 2 heterocycles. The lowest BCUT2D eigenvalue weighted by Gasteiger charge is -1.88. The van der Waals surface area contributed by atoms with Crippen LogP contribution in [0.15, 0.2) is 27.0 Å². The number of thiophene rings is 1. The number of carboxylic acids is 1. The van der Waals surface area contributed by atoms with E-state index < -0.39 is 5.97 Å². The molecule has 0 aromatic carbocycles. The van der Waals surface area contributed by atoms with Crippen molar-refractivity contribution in [1.82, 2.24) is 9.36 Å². The highest BCUT2D eigenvalue weighted by atomic mass is 32.2. The van der Waals surface area contributed by atoms with E-state index in [1.807, 2.05) is 0 Å². The average Bonchev–Trinajstić information content (AvgIpc) is 2.75. The highest BCUT2D eigenvalue weighted by Gasteiger charge is 2.08. The van der Waals surface area contributed by atoms with Gasteiger partial charge in [-0.05, 0) is 17.6 Å². The number of hydrogen-bond donors (Lipinski definition) is 1. The van der Waals surface area contributed by atoms with Crippen LogP contribution in [0, 0.1) is 0 Å². The topological polar surface area (TPSA) is 63.1 Å². The Morgan fingerprint density at radius 2 is 2.43 bits per heavy atom. The summed E-state index contributed by atoms with van der Waals surface area (Å²) in [7, 11) is 0. The summed E-state index contributed by atoms with van der Waals surface area (Å²) in [5.41, 5.74) is 0. The lowest BCUT2D eigenvalue weighted by Crippen LogP contribution is -1.89. The maximum Gasteiger partial charge on any atom is 0.345 e. The Labute approximate surface area is 91.8 Å². The number of aromatic carboxylic acids is 1. The van der Waals surface area contributed by atoms with Gasteiger partial charge in [0.1, 0.15) is 11.2 Å². The van der Waals surface area contributed by atoms with Gasteiger partial charge in [-0.15, -0.1) is 11.3 Å². The van der Waals surface area contributed by atoms with E-state index in [0.717, 1.165) is 9.24 Å². The Morgan fingerprint density at radius 3 is 3.00 bits per heavy atom. The predicted octanol–water partition coefficient (Wildman–Crippen LogP) is 2.45. The highest BCUT2D eigenvalue weighted by molar-refractivity contribution is 8.01. The summed E-state index contributed by atoms with van der Waals surface area (Å²) in [6.45, 7) is 0. The summed E-state index contributed by atoms with van der Waals surface area (Å²) in [5, 5.41) is 10.5. The fourth-order valence-electron chi connectivity index (χ4n) is 0.793. The second-order valence-corrected chi connectivity index (χ2v) is 5.27. The van der Waals surface area contributed by atoms with Crippen molar-refractivity contribution in [2.24, 2.45) is 0 Å². The van der Waals surface area contributed by atoms with Crippen molar-refractivity contribution in [1.29, 1.82) is 0 Å². The van der Waals surface area contributed by atoms with Gasteiger partial charge < -0.3 is 5.11 Å². The van der Waals surface area contributed by atoms with Gasteiger partial charge in [-0.1, -0.05) is 11.8 Å². The van der Waals surface area contributed by atoms with Crippen molar-refractivity contribution in [3.8, 4) is 0 Å². The summed E-state index contributed by atoms with van der Waals surface area (Å²) >= 11 is 3.93. The first kappa shape index (κ1) is 9.63. The van der Waals surface area contributed by atoms with E-state index >= 15 is 0 Å². The molecule has 0 spiro atoms. The van der Waals surface area contributed by atoms with E-state index in [1.54, 1.807) is 11.4 Å². The lowest BCUT2D eigenvalue weighted by molar-refractivity contribution is 0.0702. The standard InChI is InChI=1S/C7H4N2O2S3/c10-6(11)5-1-4(2-12-5)13-7-8-3-9-14-7/h1-3H,(H,10,11). The zero-order chi connectivity index (χ0) is 9.97. The van der Waals surface area contributed by atoms with Gasteiger partial charge in [-0.2, -0.15) is 4.37 Å². The minimum Gasteiger partial charge on any atom is -0.477 e. The van der Waals surface area contributed by atoms with Gasteiger partial charge in [-0.25, -0.2) is 9.78 Å². The second-order valence-electron chi connectivity index (χ2n) is 2.26. The monoisotopic (exact) mass is 244 g/mol. The molecule has 0 aliphatic carbocycles. The summed E-state index contributed by atoms with van der Waals surface area (Å²) < 4.78 is 4.68. The predicted molar refractivity (Wildman–Crippen MR) is 55.3 cm³/mol. The Hall–Kier alpha value is -0.920. The maximum absolute atomic E-state index is 10.6. The van der Waals surface area contributed by atoms with Crippen LogP contribution in [0.3, 0.4) is 0 Å². The molecule has 0 amide bonds. The minimum atomic E-state index is -0.890. The van der Waals surface area contributed by atoms with E-state index in [0.29, 0.717) is 4.88 Å². The van der Waals surface area contributed by atoms with Crippen LogP contribution in [-0.2, 0) is 0 Å². The second kappa shape index (κ2) is 4.07. The van der Waals surface area contributed by atoms with Crippen LogP contribution in [0.4, 0.5) is 0 Å². The molecule has 2 aromatic heterocycles. The van der Waals surface area contributed by atoms with E-state index in [1.165, 1.54) is 41.0 Å². The van der Waals surface area contributed by atoms with Crippen LogP contribution < -0.4 is 0 Å². The van der Waals surface area contributed by atoms with Crippen molar-refractivity contribution in [2.75, 3.05) is 0 Å². The molecule has 7 heteroatoms. The number of rotatable bonds is 3. The normalized spacial score (nSPS) is 10.3. The van der Waals surface area contributed by atoms with E-state index in [4.69, 9.17) is 5.11 Å². The SMILES string of the molecule is O=C(O)c1cc(Sc2ncns2)cs1. The third-order valence-electron chi connectivity index (χ3n) is 1.33. The van der Waals surface area contributed by atoms with Crippen molar-refractivity contribution in [3.63, 3.8) is 0 Å². The molecule has 0 saturated carbocycles. The van der Waals surface area contributed by atoms with Gasteiger partial charge in [0.25, 0.3) is 0 Å². The molecule has 0 aliphatic rings. The fourth-order valence-corrected chi connectivity index (χ4v) is 3.14. The minimum absolute atomic E-state index is 0.344. The average molecular weight is 244 g/mol. The van der Waals surface area contributed by atoms with Gasteiger partial charge >= 0.3 is 5.97 Å². The first-order valence-electron chi connectivity index (χ1n) is 3.52. The molecule has 2 rings (SSSR count). The maximum atomic E-state index is 10.6. The van der Waals surface area contributed by atoms with E-state index in [9.17, 15) is 4.79 Å². The zero-order valence-corrected chi connectivity index (χ0v) is 9.16. The van der Waals surface area contributed by atoms with Gasteiger partial charge in [0.2, 0.25) is 0 Å². The zero-order valence-electron chi connectivity index (χ0n) is 6.71. The van der Waals surface area contributed by atoms with Crippen LogP contribution in [-0.4, -0.2) is 20.4 Å². The molecule has 0 unspecified atom stereocenters. The molecule has 0 saturated heterocycles. The highest BCUT2D eigenvalue weighted by Crippen LogP contribution is 2.31. The molecule has 0 radical (unpaired) electrons. The first-order chi connectivity index (χ1) is 6.75. The largest absolute Gasteiger partial charge is 0.477 e. The molecular formula is C7H4N2O2S3. The number of aromatic nitrogens is 2. The summed E-state index contributed by atoms with van der Waals surface area (Å²) in [6.07, 6.45) is 1.48. The van der Waals surface area contributed by atoms with Crippen molar-refractivity contribution in [3.05, 3.63) is 22.7 Å². The number of hydrogen-bond acceptors (Lipinski definition) is 6. The molecule has 4 nitrogen and oxygen atoms in total. The molecule has 72 valence electrons. The van der Waals surface area contributed by atoms with Gasteiger partial charge in [-0.3, -0.25) is 0 Å². The molecule has 0 atom stereocenters. The number of carboxylic acid groups (broad SMARTS) is 1. The van der Waals surface area contributed by atoms with Gasteiger partial charge in [0.05, 0.1) is 0 Å². The Bertz CT molecular complexity index is 437. The molecule has 0 bridgehead atoms. The van der Waals surface area contributed by atoms with Gasteiger partial charge in [0, 0.05) is 10.3 Å². The van der Waals surface area contributed by atoms with E-state index in [-0.39, 0.29) is 0 Å². The smallest absolute Gasteiger partial charge is 0.345 e. The summed E-state index contributed by atoms with van der Waals surface area (Å²) in [6, 6.07) is 1.64. The van der Waals surface area contributed by atoms with E-state index in [2.05, 4.69) is 9.36 Å². The Morgan fingerprint density at radius 1 is 1.57 bits per heavy atom. The van der Waals surface area contributed by atoms with Gasteiger partial charge in [0.15, 0.2) is 4.34 Å². The van der Waals surface area contributed by atoms with Crippen molar-refractivity contribution < 1.29 is 9.90 Å². The fraction of sp³-hybridized carbons (Fsp3) is 0. The molecule has 1 N–H and O–H groups in total. The molecule has 0 fully saturated rings. The quantitative estimate of drug-likeness (QED) is 0.898.